The standard InChI is InChI=1S/C14H14N2O5/c17-11-6-21-10-5-8(3-4-9(10)15-11)13(18)16-12(14(19)20)7-1-2-7/h3-5,7,12H,1-2,6H2,(H,15,17)(H,16,18)(H,19,20). The molecule has 0 aromatic heterocycles. The van der Waals surface area contributed by atoms with Crippen molar-refractivity contribution < 1.29 is 24.2 Å². The highest BCUT2D eigenvalue weighted by molar-refractivity contribution is 6.00. The first-order chi connectivity index (χ1) is 10.0. The Morgan fingerprint density at radius 2 is 2.14 bits per heavy atom. The molecule has 0 radical (unpaired) electrons. The van der Waals surface area contributed by atoms with Gasteiger partial charge >= 0.3 is 5.97 Å². The van der Waals surface area contributed by atoms with Crippen molar-refractivity contribution in [2.75, 3.05) is 11.9 Å². The molecule has 1 aliphatic carbocycles. The maximum Gasteiger partial charge on any atom is 0.326 e. The lowest BCUT2D eigenvalue weighted by Gasteiger charge is -2.19. The monoisotopic (exact) mass is 290 g/mol. The number of anilines is 1. The van der Waals surface area contributed by atoms with Crippen LogP contribution in [0.2, 0.25) is 0 Å². The zero-order valence-corrected chi connectivity index (χ0v) is 11.1. The van der Waals surface area contributed by atoms with Gasteiger partial charge in [0.1, 0.15) is 11.8 Å². The van der Waals surface area contributed by atoms with Crippen LogP contribution in [0.15, 0.2) is 18.2 Å². The molecular formula is C14H14N2O5. The van der Waals surface area contributed by atoms with E-state index in [1.807, 2.05) is 0 Å². The third kappa shape index (κ3) is 2.81. The summed E-state index contributed by atoms with van der Waals surface area (Å²) in [4.78, 5) is 34.4. The summed E-state index contributed by atoms with van der Waals surface area (Å²) in [5.74, 6) is -1.32. The number of rotatable bonds is 4. The normalized spacial score (nSPS) is 18.0. The first-order valence-electron chi connectivity index (χ1n) is 6.65. The Balaban J connectivity index is 1.75. The first kappa shape index (κ1) is 13.4. The molecule has 1 unspecified atom stereocenters. The second-order valence-corrected chi connectivity index (χ2v) is 5.17. The molecule has 2 amide bonds. The van der Waals surface area contributed by atoms with E-state index < -0.39 is 17.9 Å². The average Bonchev–Trinajstić information content (AvgIpc) is 3.28. The van der Waals surface area contributed by atoms with Gasteiger partial charge in [-0.2, -0.15) is 0 Å². The molecule has 1 aromatic carbocycles. The Morgan fingerprint density at radius 1 is 1.38 bits per heavy atom. The second kappa shape index (κ2) is 5.08. The van der Waals surface area contributed by atoms with Gasteiger partial charge in [0.25, 0.3) is 11.8 Å². The number of hydrogen-bond acceptors (Lipinski definition) is 4. The van der Waals surface area contributed by atoms with Gasteiger partial charge in [-0.1, -0.05) is 0 Å². The van der Waals surface area contributed by atoms with Crippen LogP contribution in [0.3, 0.4) is 0 Å². The van der Waals surface area contributed by atoms with Crippen LogP contribution in [0.5, 0.6) is 5.75 Å². The molecular weight excluding hydrogens is 276 g/mol. The van der Waals surface area contributed by atoms with Crippen molar-refractivity contribution in [2.45, 2.75) is 18.9 Å². The summed E-state index contributed by atoms with van der Waals surface area (Å²) in [5.41, 5.74) is 0.802. The molecule has 3 N–H and O–H groups in total. The van der Waals surface area contributed by atoms with E-state index in [1.54, 1.807) is 6.07 Å². The van der Waals surface area contributed by atoms with Gasteiger partial charge in [0.2, 0.25) is 0 Å². The lowest BCUT2D eigenvalue weighted by atomic mass is 10.1. The number of benzene rings is 1. The fraction of sp³-hybridized carbons (Fsp3) is 0.357. The van der Waals surface area contributed by atoms with E-state index in [2.05, 4.69) is 10.6 Å². The highest BCUT2D eigenvalue weighted by Crippen LogP contribution is 2.33. The fourth-order valence-corrected chi connectivity index (χ4v) is 2.25. The summed E-state index contributed by atoms with van der Waals surface area (Å²) in [7, 11) is 0. The number of hydrogen-bond donors (Lipinski definition) is 3. The molecule has 1 saturated carbocycles. The largest absolute Gasteiger partial charge is 0.482 e. The van der Waals surface area contributed by atoms with Crippen molar-refractivity contribution in [3.63, 3.8) is 0 Å². The average molecular weight is 290 g/mol. The van der Waals surface area contributed by atoms with Crippen LogP contribution in [-0.4, -0.2) is 35.5 Å². The maximum absolute atomic E-state index is 12.1. The highest BCUT2D eigenvalue weighted by Gasteiger charge is 2.37. The molecule has 2 aliphatic rings. The zero-order chi connectivity index (χ0) is 15.0. The van der Waals surface area contributed by atoms with Gasteiger partial charge < -0.3 is 20.5 Å². The van der Waals surface area contributed by atoms with E-state index in [9.17, 15) is 14.4 Å². The molecule has 7 heteroatoms. The van der Waals surface area contributed by atoms with Crippen LogP contribution in [0.25, 0.3) is 0 Å². The predicted molar refractivity (Wildman–Crippen MR) is 72.2 cm³/mol. The number of nitrogens with one attached hydrogen (secondary N) is 2. The second-order valence-electron chi connectivity index (χ2n) is 5.17. The van der Waals surface area contributed by atoms with Crippen molar-refractivity contribution in [3.05, 3.63) is 23.8 Å². The number of carboxylic acid groups (broad SMARTS) is 1. The first-order valence-corrected chi connectivity index (χ1v) is 6.65. The van der Waals surface area contributed by atoms with Gasteiger partial charge in [-0.15, -0.1) is 0 Å². The van der Waals surface area contributed by atoms with Crippen LogP contribution in [0.1, 0.15) is 23.2 Å². The number of amides is 2. The van der Waals surface area contributed by atoms with Crippen molar-refractivity contribution in [1.29, 1.82) is 0 Å². The molecule has 1 aromatic rings. The van der Waals surface area contributed by atoms with E-state index in [0.717, 1.165) is 12.8 Å². The van der Waals surface area contributed by atoms with Crippen molar-refractivity contribution in [3.8, 4) is 5.75 Å². The SMILES string of the molecule is O=C1COc2cc(C(=O)NC(C(=O)O)C3CC3)ccc2N1. The van der Waals surface area contributed by atoms with Crippen LogP contribution in [0.4, 0.5) is 5.69 Å². The Morgan fingerprint density at radius 3 is 2.81 bits per heavy atom. The van der Waals surface area contributed by atoms with E-state index in [-0.39, 0.29) is 18.4 Å². The molecule has 7 nitrogen and oxygen atoms in total. The van der Waals surface area contributed by atoms with Crippen molar-refractivity contribution in [2.24, 2.45) is 5.92 Å². The third-order valence-electron chi connectivity index (χ3n) is 3.52. The molecule has 1 aliphatic heterocycles. The maximum atomic E-state index is 12.1. The van der Waals surface area contributed by atoms with Crippen LogP contribution in [0, 0.1) is 5.92 Å². The summed E-state index contributed by atoms with van der Waals surface area (Å²) < 4.78 is 5.23. The van der Waals surface area contributed by atoms with Crippen molar-refractivity contribution >= 4 is 23.5 Å². The molecule has 0 bridgehead atoms. The van der Waals surface area contributed by atoms with Crippen molar-refractivity contribution in [1.82, 2.24) is 5.32 Å². The molecule has 0 spiro atoms. The summed E-state index contributed by atoms with van der Waals surface area (Å²) in [6, 6.07) is 3.73. The van der Waals surface area contributed by atoms with Gasteiger partial charge in [-0.25, -0.2) is 4.79 Å². The predicted octanol–water partition coefficient (Wildman–Crippen LogP) is 0.610. The van der Waals surface area contributed by atoms with Crippen LogP contribution in [-0.2, 0) is 9.59 Å². The molecule has 1 heterocycles. The van der Waals surface area contributed by atoms with E-state index in [1.165, 1.54) is 12.1 Å². The Labute approximate surface area is 120 Å². The topological polar surface area (TPSA) is 105 Å². The van der Waals surface area contributed by atoms with E-state index >= 15 is 0 Å². The molecule has 1 atom stereocenters. The summed E-state index contributed by atoms with van der Waals surface area (Å²) in [5, 5.41) is 14.3. The van der Waals surface area contributed by atoms with Crippen LogP contribution >= 0.6 is 0 Å². The molecule has 3 rings (SSSR count). The summed E-state index contributed by atoms with van der Waals surface area (Å²) in [6.07, 6.45) is 1.63. The van der Waals surface area contributed by atoms with E-state index in [4.69, 9.17) is 9.84 Å². The van der Waals surface area contributed by atoms with Gasteiger partial charge in [-0.3, -0.25) is 9.59 Å². The number of ether oxygens (including phenoxy) is 1. The molecule has 21 heavy (non-hydrogen) atoms. The van der Waals surface area contributed by atoms with E-state index in [0.29, 0.717) is 17.0 Å². The van der Waals surface area contributed by atoms with Gasteiger partial charge in [0.05, 0.1) is 5.69 Å². The smallest absolute Gasteiger partial charge is 0.326 e. The van der Waals surface area contributed by atoms with Gasteiger partial charge in [0, 0.05) is 5.56 Å². The number of fused-ring (bicyclic) bond motifs is 1. The van der Waals surface area contributed by atoms with Gasteiger partial charge in [-0.05, 0) is 37.0 Å². The summed E-state index contributed by atoms with van der Waals surface area (Å²) in [6.45, 7) is -0.0993. The Hall–Kier alpha value is -2.57. The van der Waals surface area contributed by atoms with Gasteiger partial charge in [0.15, 0.2) is 6.61 Å². The third-order valence-corrected chi connectivity index (χ3v) is 3.52. The molecule has 0 saturated heterocycles. The van der Waals surface area contributed by atoms with Crippen LogP contribution < -0.4 is 15.4 Å². The lowest BCUT2D eigenvalue weighted by molar-refractivity contribution is -0.139. The minimum Gasteiger partial charge on any atom is -0.482 e. The fourth-order valence-electron chi connectivity index (χ4n) is 2.25. The minimum atomic E-state index is -1.02. The highest BCUT2D eigenvalue weighted by atomic mass is 16.5. The minimum absolute atomic E-state index is 0.0135. The number of carboxylic acids is 1. The summed E-state index contributed by atoms with van der Waals surface area (Å²) >= 11 is 0. The zero-order valence-electron chi connectivity index (χ0n) is 11.1. The number of aliphatic carboxylic acids is 1. The quantitative estimate of drug-likeness (QED) is 0.753. The molecule has 1 fully saturated rings. The number of carbonyl (C=O) groups excluding carboxylic acids is 2. The Kier molecular flexibility index (Phi) is 3.25. The Bertz CT molecular complexity index is 624. The number of carbonyl (C=O) groups is 3. The lowest BCUT2D eigenvalue weighted by Crippen LogP contribution is -2.42. The molecule has 110 valence electrons.